The van der Waals surface area contributed by atoms with Gasteiger partial charge in [0.15, 0.2) is 0 Å². The molecule has 0 heteroatoms. The number of hydrogen-bond donors (Lipinski definition) is 0. The minimum atomic E-state index is 1.03. The summed E-state index contributed by atoms with van der Waals surface area (Å²) in [6.07, 6.45) is 2.01. The largest absolute Gasteiger partial charge is 0.0984 e. The van der Waals surface area contributed by atoms with Crippen LogP contribution in [0.3, 0.4) is 0 Å². The molecule has 0 N–H and O–H groups in total. The average molecular weight is 457 g/mol. The van der Waals surface area contributed by atoms with Crippen molar-refractivity contribution in [3.8, 4) is 22.3 Å². The molecule has 0 bridgehead atoms. The second-order valence-corrected chi connectivity index (χ2v) is 9.43. The maximum atomic E-state index is 4.43. The molecular weight excluding hydrogens is 432 g/mol. The molecule has 7 aromatic carbocycles. The Morgan fingerprint density at radius 2 is 1.08 bits per heavy atom. The van der Waals surface area contributed by atoms with E-state index in [2.05, 4.69) is 128 Å². The normalized spacial score (nSPS) is 11.6. The maximum Gasteiger partial charge on any atom is -0.00199 e. The molecule has 0 radical (unpaired) electrons. The Bertz CT molecular complexity index is 1950. The van der Waals surface area contributed by atoms with Gasteiger partial charge in [-0.05, 0) is 82.2 Å². The Balaban J connectivity index is 1.74. The summed E-state index contributed by atoms with van der Waals surface area (Å²) in [6.45, 7) is 8.71. The lowest BCUT2D eigenvalue weighted by atomic mass is 9.82. The second kappa shape index (κ2) is 7.93. The van der Waals surface area contributed by atoms with Crippen molar-refractivity contribution in [1.29, 1.82) is 0 Å². The zero-order valence-corrected chi connectivity index (χ0v) is 20.0. The van der Waals surface area contributed by atoms with Crippen molar-refractivity contribution in [2.45, 2.75) is 0 Å². The van der Waals surface area contributed by atoms with E-state index in [1.54, 1.807) is 0 Å². The van der Waals surface area contributed by atoms with Crippen LogP contribution < -0.4 is 5.22 Å². The predicted molar refractivity (Wildman–Crippen MR) is 158 cm³/mol. The van der Waals surface area contributed by atoms with E-state index in [1.165, 1.54) is 65.3 Å². The van der Waals surface area contributed by atoms with E-state index in [1.807, 2.05) is 6.08 Å². The summed E-state index contributed by atoms with van der Waals surface area (Å²) >= 11 is 0. The van der Waals surface area contributed by atoms with Gasteiger partial charge in [-0.3, -0.25) is 0 Å². The minimum Gasteiger partial charge on any atom is -0.0984 e. The fourth-order valence-electron chi connectivity index (χ4n) is 6.00. The Hall–Kier alpha value is -4.68. The minimum absolute atomic E-state index is 1.03. The van der Waals surface area contributed by atoms with Crippen LogP contribution >= 0.6 is 0 Å². The van der Waals surface area contributed by atoms with Gasteiger partial charge in [0, 0.05) is 0 Å². The standard InChI is InChI=1S/C36H24/c1-3-27-32(22-26-15-11-14-25-21-20-23(2)33(27)34(25)26)36-30-18-9-7-16-28(30)35(24-12-5-4-6-13-24)29-17-8-10-19-31(29)36/h3-22H,1-2H2. The second-order valence-electron chi connectivity index (χ2n) is 9.43. The van der Waals surface area contributed by atoms with Crippen LogP contribution in [-0.2, 0) is 0 Å². The van der Waals surface area contributed by atoms with Gasteiger partial charge in [0.25, 0.3) is 0 Å². The molecule has 0 unspecified atom stereocenters. The molecule has 0 saturated heterocycles. The third-order valence-electron chi connectivity index (χ3n) is 7.49. The fraction of sp³-hybridized carbons (Fsp3) is 0. The number of benzene rings is 7. The van der Waals surface area contributed by atoms with Crippen molar-refractivity contribution in [2.75, 3.05) is 0 Å². The summed E-state index contributed by atoms with van der Waals surface area (Å²) in [6, 6.07) is 41.5. The van der Waals surface area contributed by atoms with E-state index in [0.29, 0.717) is 0 Å². The quantitative estimate of drug-likeness (QED) is 0.232. The monoisotopic (exact) mass is 456 g/mol. The molecule has 7 rings (SSSR count). The first-order valence-corrected chi connectivity index (χ1v) is 12.3. The Kier molecular flexibility index (Phi) is 4.56. The molecule has 0 aliphatic carbocycles. The molecule has 0 saturated carbocycles. The third-order valence-corrected chi connectivity index (χ3v) is 7.49. The highest BCUT2D eigenvalue weighted by atomic mass is 14.2. The lowest BCUT2D eigenvalue weighted by Crippen LogP contribution is -2.03. The molecule has 0 amide bonds. The summed E-state index contributed by atoms with van der Waals surface area (Å²) in [5.41, 5.74) is 6.11. The van der Waals surface area contributed by atoms with Gasteiger partial charge in [0.05, 0.1) is 0 Å². The van der Waals surface area contributed by atoms with Crippen molar-refractivity contribution in [1.82, 2.24) is 0 Å². The van der Waals surface area contributed by atoms with Crippen LogP contribution in [0.5, 0.6) is 0 Å². The molecule has 0 aromatic heterocycles. The molecule has 36 heavy (non-hydrogen) atoms. The Morgan fingerprint density at radius 1 is 0.500 bits per heavy atom. The average Bonchev–Trinajstić information content (AvgIpc) is 2.93. The highest BCUT2D eigenvalue weighted by Gasteiger charge is 2.20. The van der Waals surface area contributed by atoms with Crippen LogP contribution in [0, 0.1) is 0 Å². The maximum absolute atomic E-state index is 4.43. The van der Waals surface area contributed by atoms with Gasteiger partial charge in [0.2, 0.25) is 0 Å². The number of rotatable bonds is 3. The van der Waals surface area contributed by atoms with Crippen LogP contribution in [-0.4, -0.2) is 0 Å². The van der Waals surface area contributed by atoms with Gasteiger partial charge in [0.1, 0.15) is 0 Å². The molecule has 0 fully saturated rings. The van der Waals surface area contributed by atoms with Crippen molar-refractivity contribution >= 4 is 55.7 Å². The SMILES string of the molecule is C=Cc1c(-c2c3ccccc3c(-c3ccccc3)c3ccccc23)cc2cccc3ccc(=C)c1c32. The summed E-state index contributed by atoms with van der Waals surface area (Å²) in [4.78, 5) is 0. The van der Waals surface area contributed by atoms with E-state index in [9.17, 15) is 0 Å². The molecule has 0 atom stereocenters. The number of hydrogen-bond acceptors (Lipinski definition) is 0. The van der Waals surface area contributed by atoms with Crippen molar-refractivity contribution in [3.05, 3.63) is 133 Å². The molecule has 0 heterocycles. The molecular formula is C36H24. The first-order chi connectivity index (χ1) is 17.8. The van der Waals surface area contributed by atoms with Crippen LogP contribution in [0.4, 0.5) is 0 Å². The van der Waals surface area contributed by atoms with E-state index in [4.69, 9.17) is 0 Å². The van der Waals surface area contributed by atoms with Gasteiger partial charge in [-0.15, -0.1) is 0 Å². The summed E-state index contributed by atoms with van der Waals surface area (Å²) in [7, 11) is 0. The van der Waals surface area contributed by atoms with Crippen molar-refractivity contribution in [3.63, 3.8) is 0 Å². The van der Waals surface area contributed by atoms with E-state index in [0.717, 1.165) is 10.8 Å². The van der Waals surface area contributed by atoms with E-state index >= 15 is 0 Å². The van der Waals surface area contributed by atoms with Crippen LogP contribution in [0.15, 0.2) is 122 Å². The molecule has 0 aliphatic heterocycles. The zero-order chi connectivity index (χ0) is 24.2. The lowest BCUT2D eigenvalue weighted by molar-refractivity contribution is 1.65. The van der Waals surface area contributed by atoms with Gasteiger partial charge in [-0.1, -0.05) is 128 Å². The van der Waals surface area contributed by atoms with E-state index in [-0.39, 0.29) is 0 Å². The number of fused-ring (bicyclic) bond motifs is 2. The predicted octanol–water partition coefficient (Wildman–Crippen LogP) is 9.41. The first-order valence-electron chi connectivity index (χ1n) is 12.3. The van der Waals surface area contributed by atoms with Crippen LogP contribution in [0.25, 0.3) is 78.0 Å². The van der Waals surface area contributed by atoms with Gasteiger partial charge >= 0.3 is 0 Å². The van der Waals surface area contributed by atoms with Crippen LogP contribution in [0.2, 0.25) is 0 Å². The Labute approximate surface area is 210 Å². The van der Waals surface area contributed by atoms with Crippen molar-refractivity contribution < 1.29 is 0 Å². The topological polar surface area (TPSA) is 0 Å². The lowest BCUT2D eigenvalue weighted by Gasteiger charge is -2.20. The summed E-state index contributed by atoms with van der Waals surface area (Å²) in [5, 5.41) is 11.0. The molecule has 0 nitrogen and oxygen atoms in total. The van der Waals surface area contributed by atoms with E-state index < -0.39 is 0 Å². The highest BCUT2D eigenvalue weighted by Crippen LogP contribution is 2.46. The first kappa shape index (κ1) is 20.7. The summed E-state index contributed by atoms with van der Waals surface area (Å²) in [5.74, 6) is 0. The highest BCUT2D eigenvalue weighted by molar-refractivity contribution is 6.24. The fourth-order valence-corrected chi connectivity index (χ4v) is 6.00. The van der Waals surface area contributed by atoms with Crippen LogP contribution in [0.1, 0.15) is 5.56 Å². The van der Waals surface area contributed by atoms with Crippen molar-refractivity contribution in [2.24, 2.45) is 0 Å². The third kappa shape index (κ3) is 2.88. The molecule has 0 spiro atoms. The molecule has 7 aromatic rings. The Morgan fingerprint density at radius 3 is 1.72 bits per heavy atom. The molecule has 0 aliphatic rings. The van der Waals surface area contributed by atoms with Gasteiger partial charge in [-0.2, -0.15) is 0 Å². The zero-order valence-electron chi connectivity index (χ0n) is 20.0. The van der Waals surface area contributed by atoms with Gasteiger partial charge < -0.3 is 0 Å². The smallest absolute Gasteiger partial charge is 0.00199 e. The van der Waals surface area contributed by atoms with Gasteiger partial charge in [-0.25, -0.2) is 0 Å². The molecule has 168 valence electrons. The summed E-state index contributed by atoms with van der Waals surface area (Å²) < 4.78 is 0.